The molecule has 1 N–H and O–H groups in total. The molecule has 0 spiro atoms. The summed E-state index contributed by atoms with van der Waals surface area (Å²) in [6, 6.07) is 7.22. The molecule has 2 aromatic rings. The second-order valence-corrected chi connectivity index (χ2v) is 6.39. The Morgan fingerprint density at radius 1 is 1.42 bits per heavy atom. The number of carbonyl (C=O) groups is 1. The first-order chi connectivity index (χ1) is 11.4. The van der Waals surface area contributed by atoms with Gasteiger partial charge in [0.2, 0.25) is 0 Å². The number of fused-ring (bicyclic) bond motifs is 1. The molecule has 3 nitrogen and oxygen atoms in total. The minimum absolute atomic E-state index is 0.0889. The van der Waals surface area contributed by atoms with Crippen molar-refractivity contribution in [2.45, 2.75) is 37.5 Å². The number of ketones is 1. The maximum atomic E-state index is 15.4. The molecule has 24 heavy (non-hydrogen) atoms. The van der Waals surface area contributed by atoms with Crippen LogP contribution < -0.4 is 0 Å². The third-order valence-corrected chi connectivity index (χ3v) is 4.66. The number of hydrogen-bond acceptors (Lipinski definition) is 3. The molecule has 0 radical (unpaired) electrons. The lowest BCUT2D eigenvalue weighted by molar-refractivity contribution is -0.133. The Labute approximate surface area is 143 Å². The highest BCUT2D eigenvalue weighted by atomic mass is 35.5. The van der Waals surface area contributed by atoms with E-state index in [1.165, 1.54) is 36.5 Å². The molecule has 1 heterocycles. The van der Waals surface area contributed by atoms with E-state index >= 15 is 4.39 Å². The summed E-state index contributed by atoms with van der Waals surface area (Å²) in [5.41, 5.74) is -1.55. The van der Waals surface area contributed by atoms with Crippen molar-refractivity contribution < 1.29 is 18.7 Å². The lowest BCUT2D eigenvalue weighted by Crippen LogP contribution is -2.37. The van der Waals surface area contributed by atoms with Gasteiger partial charge in [-0.1, -0.05) is 23.7 Å². The molecule has 0 unspecified atom stereocenters. The van der Waals surface area contributed by atoms with Gasteiger partial charge in [0.1, 0.15) is 5.82 Å². The van der Waals surface area contributed by atoms with Crippen LogP contribution in [0.1, 0.15) is 42.2 Å². The first kappa shape index (κ1) is 17.0. The van der Waals surface area contributed by atoms with E-state index in [1.807, 2.05) is 0 Å². The number of aromatic nitrogens is 1. The fraction of sp³-hybridized carbons (Fsp3) is 0.333. The van der Waals surface area contributed by atoms with Gasteiger partial charge in [-0.05, 0) is 43.0 Å². The van der Waals surface area contributed by atoms with Crippen molar-refractivity contribution in [3.8, 4) is 0 Å². The number of Topliss-reactive ketones (excluding diaryl/α,β-unsaturated/α-hetero) is 1. The zero-order chi connectivity index (χ0) is 17.3. The van der Waals surface area contributed by atoms with E-state index in [2.05, 4.69) is 4.98 Å². The topological polar surface area (TPSA) is 50.2 Å². The number of pyridine rings is 1. The number of aryl methyl sites for hydroxylation is 1. The fourth-order valence-electron chi connectivity index (χ4n) is 3.09. The van der Waals surface area contributed by atoms with Crippen LogP contribution in [0.3, 0.4) is 0 Å². The maximum Gasteiger partial charge on any atom is 0.195 e. The number of rotatable bonds is 4. The Kier molecular flexibility index (Phi) is 4.65. The number of aliphatic hydroxyl groups is 1. The molecule has 126 valence electrons. The fourth-order valence-corrected chi connectivity index (χ4v) is 3.24. The minimum Gasteiger partial charge on any atom is -0.387 e. The van der Waals surface area contributed by atoms with Gasteiger partial charge in [0, 0.05) is 23.2 Å². The van der Waals surface area contributed by atoms with Crippen LogP contribution in [0.25, 0.3) is 0 Å². The van der Waals surface area contributed by atoms with Gasteiger partial charge in [-0.15, -0.1) is 0 Å². The van der Waals surface area contributed by atoms with Gasteiger partial charge in [0.25, 0.3) is 0 Å². The van der Waals surface area contributed by atoms with Gasteiger partial charge in [0.05, 0.1) is 11.8 Å². The zero-order valence-corrected chi connectivity index (χ0v) is 13.6. The van der Waals surface area contributed by atoms with Crippen LogP contribution in [0, 0.1) is 5.82 Å². The Morgan fingerprint density at radius 3 is 2.96 bits per heavy atom. The number of carbonyl (C=O) groups excluding carboxylic acids is 1. The number of nitrogens with zero attached hydrogens (tertiary/aromatic N) is 1. The summed E-state index contributed by atoms with van der Waals surface area (Å²) in [4.78, 5) is 16.5. The molecule has 0 saturated heterocycles. The van der Waals surface area contributed by atoms with Gasteiger partial charge in [-0.3, -0.25) is 9.78 Å². The number of alkyl halides is 1. The lowest BCUT2D eigenvalue weighted by Gasteiger charge is -2.32. The molecule has 2 atom stereocenters. The predicted molar refractivity (Wildman–Crippen MR) is 86.0 cm³/mol. The van der Waals surface area contributed by atoms with Crippen LogP contribution in [0.4, 0.5) is 8.78 Å². The SMILES string of the molecule is O=C(CCc1ccc(Cl)cc1F)[C@]1(F)CC[C@@H](O)c2ncccc21. The van der Waals surface area contributed by atoms with E-state index in [0.717, 1.165) is 0 Å². The summed E-state index contributed by atoms with van der Waals surface area (Å²) in [5.74, 6) is -1.14. The Hall–Kier alpha value is -1.85. The summed E-state index contributed by atoms with van der Waals surface area (Å²) in [7, 11) is 0. The second-order valence-electron chi connectivity index (χ2n) is 5.95. The third kappa shape index (κ3) is 3.06. The highest BCUT2D eigenvalue weighted by molar-refractivity contribution is 6.30. The van der Waals surface area contributed by atoms with E-state index in [-0.39, 0.29) is 42.0 Å². The molecule has 3 rings (SSSR count). The molecule has 0 bridgehead atoms. The smallest absolute Gasteiger partial charge is 0.195 e. The van der Waals surface area contributed by atoms with E-state index in [9.17, 15) is 14.3 Å². The van der Waals surface area contributed by atoms with Gasteiger partial charge >= 0.3 is 0 Å². The molecule has 1 aliphatic carbocycles. The summed E-state index contributed by atoms with van der Waals surface area (Å²) < 4.78 is 29.2. The second kappa shape index (κ2) is 6.57. The predicted octanol–water partition coefficient (Wildman–Crippen LogP) is 4.07. The quantitative estimate of drug-likeness (QED) is 0.903. The van der Waals surface area contributed by atoms with Gasteiger partial charge in [-0.25, -0.2) is 8.78 Å². The molecule has 6 heteroatoms. The van der Waals surface area contributed by atoms with E-state index in [1.54, 1.807) is 0 Å². The van der Waals surface area contributed by atoms with Crippen LogP contribution >= 0.6 is 11.6 Å². The summed E-state index contributed by atoms with van der Waals surface area (Å²) in [6.07, 6.45) is 0.564. The number of halogens is 3. The number of aliphatic hydroxyl groups excluding tert-OH is 1. The van der Waals surface area contributed by atoms with Crippen LogP contribution in [-0.4, -0.2) is 15.9 Å². The monoisotopic (exact) mass is 351 g/mol. The van der Waals surface area contributed by atoms with Crippen molar-refractivity contribution >= 4 is 17.4 Å². The summed E-state index contributed by atoms with van der Waals surface area (Å²) in [5, 5.41) is 10.2. The van der Waals surface area contributed by atoms with Gasteiger partial charge in [0.15, 0.2) is 11.5 Å². The van der Waals surface area contributed by atoms with Gasteiger partial charge < -0.3 is 5.11 Å². The number of hydrogen-bond donors (Lipinski definition) is 1. The average molecular weight is 352 g/mol. The highest BCUT2D eigenvalue weighted by Gasteiger charge is 2.45. The summed E-state index contributed by atoms with van der Waals surface area (Å²) in [6.45, 7) is 0. The van der Waals surface area contributed by atoms with Crippen LogP contribution in [-0.2, 0) is 16.9 Å². The molecular weight excluding hydrogens is 336 g/mol. The van der Waals surface area contributed by atoms with Crippen molar-refractivity contribution in [1.82, 2.24) is 4.98 Å². The average Bonchev–Trinajstić information content (AvgIpc) is 2.57. The molecule has 1 aromatic heterocycles. The van der Waals surface area contributed by atoms with Crippen molar-refractivity contribution in [1.29, 1.82) is 0 Å². The highest BCUT2D eigenvalue weighted by Crippen LogP contribution is 2.43. The van der Waals surface area contributed by atoms with E-state index < -0.39 is 23.4 Å². The zero-order valence-electron chi connectivity index (χ0n) is 12.8. The lowest BCUT2D eigenvalue weighted by atomic mass is 9.77. The van der Waals surface area contributed by atoms with Gasteiger partial charge in [-0.2, -0.15) is 0 Å². The van der Waals surface area contributed by atoms with E-state index in [4.69, 9.17) is 11.6 Å². The standard InChI is InChI=1S/C18H16ClF2NO2/c19-12-5-3-11(14(20)10-12)4-6-16(24)18(21)8-7-15(23)17-13(18)2-1-9-22-17/h1-3,5,9-10,15,23H,4,6-8H2/t15-,18+/m1/s1. The van der Waals surface area contributed by atoms with Crippen LogP contribution in [0.15, 0.2) is 36.5 Å². The van der Waals surface area contributed by atoms with Crippen molar-refractivity contribution in [2.75, 3.05) is 0 Å². The third-order valence-electron chi connectivity index (χ3n) is 4.42. The summed E-state index contributed by atoms with van der Waals surface area (Å²) >= 11 is 5.70. The molecule has 0 aliphatic heterocycles. The normalized spacial score (nSPS) is 22.9. The molecular formula is C18H16ClF2NO2. The Morgan fingerprint density at radius 2 is 2.21 bits per heavy atom. The van der Waals surface area contributed by atoms with Crippen LogP contribution in [0.2, 0.25) is 5.02 Å². The van der Waals surface area contributed by atoms with Crippen LogP contribution in [0.5, 0.6) is 0 Å². The van der Waals surface area contributed by atoms with Crippen molar-refractivity contribution in [3.63, 3.8) is 0 Å². The largest absolute Gasteiger partial charge is 0.387 e. The first-order valence-corrected chi connectivity index (χ1v) is 8.09. The first-order valence-electron chi connectivity index (χ1n) is 7.71. The Balaban J connectivity index is 1.81. The van der Waals surface area contributed by atoms with Crippen molar-refractivity contribution in [3.05, 3.63) is 64.2 Å². The molecule has 0 amide bonds. The maximum absolute atomic E-state index is 15.4. The van der Waals surface area contributed by atoms with E-state index in [0.29, 0.717) is 5.56 Å². The Bertz CT molecular complexity index is 783. The number of benzene rings is 1. The molecule has 0 saturated carbocycles. The molecule has 0 fully saturated rings. The molecule has 1 aliphatic rings. The van der Waals surface area contributed by atoms with Crippen molar-refractivity contribution in [2.24, 2.45) is 0 Å². The molecule has 1 aromatic carbocycles. The minimum atomic E-state index is -2.19.